The molecule has 0 bridgehead atoms. The van der Waals surface area contributed by atoms with E-state index in [-0.39, 0.29) is 5.39 Å². The van der Waals surface area contributed by atoms with E-state index < -0.39 is 81.5 Å². The fourth-order valence-corrected chi connectivity index (χ4v) is 3.85. The second-order valence-corrected chi connectivity index (χ2v) is 9.19. The summed E-state index contributed by atoms with van der Waals surface area (Å²) in [5, 5.41) is -2.04. The Hall–Kier alpha value is -3.36. The van der Waals surface area contributed by atoms with Crippen molar-refractivity contribution in [1.82, 2.24) is 4.98 Å². The Bertz CT molecular complexity index is 1590. The molecule has 1 nitrogen and oxygen atoms in total. The van der Waals surface area contributed by atoms with Gasteiger partial charge in [-0.15, -0.1) is 0 Å². The number of halogens is 21. The normalized spacial score (nSPS) is 15.7. The van der Waals surface area contributed by atoms with Gasteiger partial charge in [-0.25, -0.2) is 4.98 Å². The van der Waals surface area contributed by atoms with E-state index in [0.717, 1.165) is 36.4 Å². The standard InChI is InChI=1S/C23H8F21N/c24-14(25,13-11-7-2-1-5-9(11)10-6-3-4-8-12(10)45-13)15(26,27)16(28,29)17(30,31)18(32,33)19(34,35)20(36,37)21(38,39)22(40,41)23(42,43)44/h1-8H. The summed E-state index contributed by atoms with van der Waals surface area (Å²) in [6.45, 7) is 0. The van der Waals surface area contributed by atoms with Crippen LogP contribution >= 0.6 is 0 Å². The zero-order valence-corrected chi connectivity index (χ0v) is 20.5. The van der Waals surface area contributed by atoms with E-state index in [1.165, 1.54) is 6.07 Å². The van der Waals surface area contributed by atoms with Gasteiger partial charge in [-0.1, -0.05) is 42.5 Å². The van der Waals surface area contributed by atoms with Crippen LogP contribution in [0, 0.1) is 0 Å². The highest BCUT2D eigenvalue weighted by atomic mass is 19.4. The third kappa shape index (κ3) is 4.38. The van der Waals surface area contributed by atoms with E-state index in [2.05, 4.69) is 4.98 Å². The van der Waals surface area contributed by atoms with Gasteiger partial charge >= 0.3 is 59.5 Å². The zero-order chi connectivity index (χ0) is 35.3. The Morgan fingerprint density at radius 2 is 0.644 bits per heavy atom. The molecule has 3 rings (SSSR count). The first-order chi connectivity index (χ1) is 19.8. The van der Waals surface area contributed by atoms with Gasteiger partial charge in [-0.2, -0.15) is 92.2 Å². The number of pyridine rings is 1. The molecular weight excluding hydrogens is 689 g/mol. The highest BCUT2D eigenvalue weighted by Crippen LogP contribution is 2.67. The number of benzene rings is 2. The van der Waals surface area contributed by atoms with Crippen LogP contribution in [0.3, 0.4) is 0 Å². The molecule has 0 saturated carbocycles. The molecule has 0 unspecified atom stereocenters. The Labute approximate surface area is 233 Å². The SMILES string of the molecule is FC(F)(F)C(F)(F)C(F)(F)C(F)(F)C(F)(F)C(F)(F)C(F)(F)C(F)(F)C(F)(F)C(F)(F)c1nc2ccccc2c2ccccc12. The number of alkyl halides is 21. The summed E-state index contributed by atoms with van der Waals surface area (Å²) in [4.78, 5) is 2.92. The monoisotopic (exact) mass is 697 g/mol. The molecule has 0 spiro atoms. The molecular formula is C23H8F21N. The van der Waals surface area contributed by atoms with Crippen LogP contribution in [0.2, 0.25) is 0 Å². The lowest BCUT2D eigenvalue weighted by molar-refractivity contribution is -0.474. The van der Waals surface area contributed by atoms with Crippen LogP contribution < -0.4 is 0 Å². The van der Waals surface area contributed by atoms with Crippen molar-refractivity contribution in [2.24, 2.45) is 0 Å². The van der Waals surface area contributed by atoms with Crippen molar-refractivity contribution < 1.29 is 92.2 Å². The van der Waals surface area contributed by atoms with Crippen LogP contribution in [0.15, 0.2) is 48.5 Å². The largest absolute Gasteiger partial charge is 0.460 e. The number of aromatic nitrogens is 1. The summed E-state index contributed by atoms with van der Waals surface area (Å²) in [6, 6.07) is 7.05. The molecule has 0 aliphatic rings. The maximum atomic E-state index is 15.1. The lowest BCUT2D eigenvalue weighted by atomic mass is 9.85. The van der Waals surface area contributed by atoms with Crippen molar-refractivity contribution in [3.63, 3.8) is 0 Å². The Balaban J connectivity index is 2.25. The van der Waals surface area contributed by atoms with Crippen LogP contribution in [0.1, 0.15) is 5.69 Å². The molecule has 0 saturated heterocycles. The smallest absolute Gasteiger partial charge is 0.246 e. The molecule has 1 heterocycles. The first-order valence-corrected chi connectivity index (χ1v) is 11.1. The minimum atomic E-state index is -9.22. The number of rotatable bonds is 9. The van der Waals surface area contributed by atoms with Crippen LogP contribution in [0.25, 0.3) is 21.7 Å². The van der Waals surface area contributed by atoms with Gasteiger partial charge in [0.15, 0.2) is 0 Å². The molecule has 0 aliphatic carbocycles. The maximum Gasteiger partial charge on any atom is 0.460 e. The molecule has 0 amide bonds. The van der Waals surface area contributed by atoms with Gasteiger partial charge in [-0.05, 0) is 11.5 Å². The number of fused-ring (bicyclic) bond motifs is 3. The first kappa shape index (κ1) is 36.1. The van der Waals surface area contributed by atoms with Gasteiger partial charge < -0.3 is 0 Å². The van der Waals surface area contributed by atoms with Gasteiger partial charge in [0.2, 0.25) is 0 Å². The van der Waals surface area contributed by atoms with Crippen molar-refractivity contribution in [3.05, 3.63) is 54.2 Å². The van der Waals surface area contributed by atoms with Gasteiger partial charge in [0.1, 0.15) is 5.69 Å². The Kier molecular flexibility index (Phi) is 7.88. The van der Waals surface area contributed by atoms with Crippen molar-refractivity contribution in [1.29, 1.82) is 0 Å². The Morgan fingerprint density at radius 3 is 1.04 bits per heavy atom. The highest BCUT2D eigenvalue weighted by Gasteiger charge is 2.98. The van der Waals surface area contributed by atoms with Gasteiger partial charge in [0, 0.05) is 10.8 Å². The van der Waals surface area contributed by atoms with Crippen molar-refractivity contribution >= 4 is 21.7 Å². The maximum absolute atomic E-state index is 15.1. The average Bonchev–Trinajstić information content (AvgIpc) is 2.91. The molecule has 0 atom stereocenters. The minimum absolute atomic E-state index is 0.196. The van der Waals surface area contributed by atoms with Crippen LogP contribution in [0.5, 0.6) is 0 Å². The molecule has 3 aromatic rings. The highest BCUT2D eigenvalue weighted by molar-refractivity contribution is 6.06. The second-order valence-electron chi connectivity index (χ2n) is 9.19. The molecule has 0 aliphatic heterocycles. The van der Waals surface area contributed by atoms with Crippen molar-refractivity contribution in [2.45, 2.75) is 59.5 Å². The summed E-state index contributed by atoms with van der Waals surface area (Å²) in [6.07, 6.45) is -8.03. The van der Waals surface area contributed by atoms with E-state index in [0.29, 0.717) is 6.07 Å². The van der Waals surface area contributed by atoms with Gasteiger partial charge in [0.05, 0.1) is 5.52 Å². The van der Waals surface area contributed by atoms with E-state index >= 15 is 8.78 Å². The topological polar surface area (TPSA) is 12.9 Å². The quantitative estimate of drug-likeness (QED) is 0.160. The molecule has 252 valence electrons. The molecule has 0 radical (unpaired) electrons. The molecule has 1 aromatic heterocycles. The van der Waals surface area contributed by atoms with Crippen LogP contribution in [0.4, 0.5) is 92.2 Å². The lowest BCUT2D eigenvalue weighted by Crippen LogP contribution is -2.76. The van der Waals surface area contributed by atoms with Crippen molar-refractivity contribution in [2.75, 3.05) is 0 Å². The molecule has 0 fully saturated rings. The molecule has 22 heteroatoms. The zero-order valence-electron chi connectivity index (χ0n) is 20.5. The van der Waals surface area contributed by atoms with Gasteiger partial charge in [0.25, 0.3) is 0 Å². The Morgan fingerprint density at radius 1 is 0.333 bits per heavy atom. The lowest BCUT2D eigenvalue weighted by Gasteiger charge is -2.44. The van der Waals surface area contributed by atoms with Gasteiger partial charge in [-0.3, -0.25) is 0 Å². The number of hydrogen-bond donors (Lipinski definition) is 0. The molecule has 45 heavy (non-hydrogen) atoms. The number of para-hydroxylation sites is 1. The fraction of sp³-hybridized carbons (Fsp3) is 0.435. The van der Waals surface area contributed by atoms with E-state index in [1.54, 1.807) is 0 Å². The summed E-state index contributed by atoms with van der Waals surface area (Å²) >= 11 is 0. The summed E-state index contributed by atoms with van der Waals surface area (Å²) in [7, 11) is 0. The summed E-state index contributed by atoms with van der Waals surface area (Å²) < 4.78 is 289. The van der Waals surface area contributed by atoms with E-state index in [4.69, 9.17) is 0 Å². The average molecular weight is 697 g/mol. The predicted molar refractivity (Wildman–Crippen MR) is 109 cm³/mol. The van der Waals surface area contributed by atoms with E-state index in [9.17, 15) is 83.4 Å². The molecule has 0 N–H and O–H groups in total. The minimum Gasteiger partial charge on any atom is -0.246 e. The van der Waals surface area contributed by atoms with Crippen molar-refractivity contribution in [3.8, 4) is 0 Å². The predicted octanol–water partition coefficient (Wildman–Crippen LogP) is 10.1. The first-order valence-electron chi connectivity index (χ1n) is 11.1. The number of nitrogens with zero attached hydrogens (tertiary/aromatic N) is 1. The summed E-state index contributed by atoms with van der Waals surface area (Å²) in [5.74, 6) is -77.7. The van der Waals surface area contributed by atoms with Crippen LogP contribution in [-0.2, 0) is 5.92 Å². The fourth-order valence-electron chi connectivity index (χ4n) is 3.85. The second kappa shape index (κ2) is 9.82. The van der Waals surface area contributed by atoms with E-state index in [1.807, 2.05) is 0 Å². The third-order valence-corrected chi connectivity index (χ3v) is 6.42. The molecule has 2 aromatic carbocycles. The third-order valence-electron chi connectivity index (χ3n) is 6.42. The summed E-state index contributed by atoms with van der Waals surface area (Å²) in [5.41, 5.74) is -3.39. The van der Waals surface area contributed by atoms with Crippen LogP contribution in [-0.4, -0.2) is 58.5 Å². The number of hydrogen-bond acceptors (Lipinski definition) is 1.